The summed E-state index contributed by atoms with van der Waals surface area (Å²) in [5.41, 5.74) is 1.53. The first-order chi connectivity index (χ1) is 15.4. The fourth-order valence-corrected chi connectivity index (χ4v) is 4.05. The number of rotatable bonds is 10. The second-order valence-corrected chi connectivity index (χ2v) is 8.41. The monoisotopic (exact) mass is 492 g/mol. The molecule has 0 aliphatic carbocycles. The molecule has 0 radical (unpaired) electrons. The summed E-state index contributed by atoms with van der Waals surface area (Å²) in [7, 11) is 3.01. The van der Waals surface area contributed by atoms with Gasteiger partial charge in [0.1, 0.15) is 17.3 Å². The average Bonchev–Trinajstić information content (AvgIpc) is 3.16. The summed E-state index contributed by atoms with van der Waals surface area (Å²) in [6, 6.07) is 10.8. The Balaban J connectivity index is 1.70. The largest absolute Gasteiger partial charge is 0.495 e. The maximum Gasteiger partial charge on any atom is 0.234 e. The van der Waals surface area contributed by atoms with Crippen molar-refractivity contribution in [1.82, 2.24) is 14.8 Å². The zero-order chi connectivity index (χ0) is 23.1. The highest BCUT2D eigenvalue weighted by atomic mass is 35.5. The van der Waals surface area contributed by atoms with Crippen LogP contribution in [0.15, 0.2) is 54.2 Å². The van der Waals surface area contributed by atoms with Gasteiger partial charge >= 0.3 is 0 Å². The van der Waals surface area contributed by atoms with E-state index in [-0.39, 0.29) is 11.7 Å². The minimum absolute atomic E-state index is 0.129. The van der Waals surface area contributed by atoms with Gasteiger partial charge < -0.3 is 19.4 Å². The summed E-state index contributed by atoms with van der Waals surface area (Å²) in [4.78, 5) is 12.6. The van der Waals surface area contributed by atoms with Crippen LogP contribution < -0.4 is 14.8 Å². The van der Waals surface area contributed by atoms with E-state index in [1.165, 1.54) is 26.0 Å². The second-order valence-electron chi connectivity index (χ2n) is 6.63. The van der Waals surface area contributed by atoms with Crippen molar-refractivity contribution in [1.29, 1.82) is 0 Å². The molecule has 3 aromatic rings. The van der Waals surface area contributed by atoms with E-state index in [0.29, 0.717) is 45.4 Å². The van der Waals surface area contributed by atoms with Gasteiger partial charge in [0.05, 0.1) is 30.7 Å². The number of carbonyl (C=O) groups excluding carboxylic acids is 1. The van der Waals surface area contributed by atoms with Crippen molar-refractivity contribution in [3.8, 4) is 11.5 Å². The van der Waals surface area contributed by atoms with Crippen LogP contribution in [-0.2, 0) is 17.8 Å². The number of amides is 1. The number of halogens is 2. The molecule has 0 fully saturated rings. The molecule has 1 N–H and O–H groups in total. The van der Waals surface area contributed by atoms with Gasteiger partial charge in [0, 0.05) is 30.1 Å². The van der Waals surface area contributed by atoms with Crippen LogP contribution in [0.25, 0.3) is 0 Å². The first-order valence-electron chi connectivity index (χ1n) is 9.56. The van der Waals surface area contributed by atoms with E-state index in [9.17, 15) is 4.79 Å². The number of nitrogens with one attached hydrogen (secondary N) is 1. The van der Waals surface area contributed by atoms with Crippen LogP contribution in [0.4, 0.5) is 5.69 Å². The van der Waals surface area contributed by atoms with Crippen LogP contribution in [0, 0.1) is 0 Å². The fourth-order valence-electron chi connectivity index (χ4n) is 2.93. The molecule has 3 rings (SSSR count). The minimum Gasteiger partial charge on any atom is -0.495 e. The van der Waals surface area contributed by atoms with Crippen LogP contribution >= 0.6 is 35.0 Å². The Morgan fingerprint density at radius 1 is 1.16 bits per heavy atom. The van der Waals surface area contributed by atoms with Gasteiger partial charge in [-0.15, -0.1) is 16.8 Å². The van der Waals surface area contributed by atoms with Crippen molar-refractivity contribution in [2.45, 2.75) is 18.1 Å². The molecular formula is C22H22Cl2N4O3S. The predicted octanol–water partition coefficient (Wildman–Crippen LogP) is 5.11. The Morgan fingerprint density at radius 2 is 1.88 bits per heavy atom. The van der Waals surface area contributed by atoms with Crippen molar-refractivity contribution in [2.75, 3.05) is 25.3 Å². The number of benzene rings is 2. The number of ether oxygens (including phenoxy) is 2. The summed E-state index contributed by atoms with van der Waals surface area (Å²) in [5.74, 6) is 1.55. The van der Waals surface area contributed by atoms with Crippen molar-refractivity contribution < 1.29 is 14.3 Å². The lowest BCUT2D eigenvalue weighted by atomic mass is 10.1. The Labute approximate surface area is 200 Å². The van der Waals surface area contributed by atoms with E-state index in [1.54, 1.807) is 18.2 Å². The lowest BCUT2D eigenvalue weighted by Gasteiger charge is -2.13. The molecule has 0 aliphatic heterocycles. The fraction of sp³-hybridized carbons (Fsp3) is 0.227. The Hall–Kier alpha value is -2.68. The Morgan fingerprint density at radius 3 is 2.53 bits per heavy atom. The first kappa shape index (κ1) is 24.0. The number of carbonyl (C=O) groups is 1. The van der Waals surface area contributed by atoms with E-state index < -0.39 is 0 Å². The Kier molecular flexibility index (Phi) is 8.44. The quantitative estimate of drug-likeness (QED) is 0.313. The molecule has 0 atom stereocenters. The molecule has 32 heavy (non-hydrogen) atoms. The summed E-state index contributed by atoms with van der Waals surface area (Å²) in [6.07, 6.45) is 2.36. The van der Waals surface area contributed by atoms with Gasteiger partial charge in [-0.25, -0.2) is 0 Å². The average molecular weight is 493 g/mol. The molecule has 10 heteroatoms. The number of methoxy groups -OCH3 is 2. The first-order valence-corrected chi connectivity index (χ1v) is 11.3. The summed E-state index contributed by atoms with van der Waals surface area (Å²) in [5, 5.41) is 13.1. The predicted molar refractivity (Wildman–Crippen MR) is 128 cm³/mol. The van der Waals surface area contributed by atoms with Crippen LogP contribution in [0.3, 0.4) is 0 Å². The molecule has 0 bridgehead atoms. The van der Waals surface area contributed by atoms with Gasteiger partial charge in [0.2, 0.25) is 5.91 Å². The lowest BCUT2D eigenvalue weighted by molar-refractivity contribution is -0.113. The smallest absolute Gasteiger partial charge is 0.234 e. The van der Waals surface area contributed by atoms with Gasteiger partial charge in [-0.3, -0.25) is 4.79 Å². The molecule has 168 valence electrons. The van der Waals surface area contributed by atoms with Gasteiger partial charge in [-0.2, -0.15) is 0 Å². The highest BCUT2D eigenvalue weighted by Gasteiger charge is 2.16. The molecule has 0 saturated carbocycles. The molecule has 0 aliphatic rings. The number of anilines is 1. The van der Waals surface area contributed by atoms with E-state index in [2.05, 4.69) is 22.1 Å². The number of nitrogens with zero attached hydrogens (tertiary/aromatic N) is 3. The number of thioether (sulfide) groups is 1. The second kappa shape index (κ2) is 11.3. The topological polar surface area (TPSA) is 78.3 Å². The lowest BCUT2D eigenvalue weighted by Crippen LogP contribution is -2.15. The third kappa shape index (κ3) is 5.97. The van der Waals surface area contributed by atoms with Gasteiger partial charge in [0.25, 0.3) is 0 Å². The van der Waals surface area contributed by atoms with Crippen molar-refractivity contribution in [3.63, 3.8) is 0 Å². The van der Waals surface area contributed by atoms with Crippen LogP contribution in [0.5, 0.6) is 11.5 Å². The molecule has 1 aromatic heterocycles. The summed E-state index contributed by atoms with van der Waals surface area (Å²) < 4.78 is 12.5. The highest BCUT2D eigenvalue weighted by molar-refractivity contribution is 7.99. The molecule has 2 aromatic carbocycles. The Bertz CT molecular complexity index is 1100. The maximum absolute atomic E-state index is 12.6. The highest BCUT2D eigenvalue weighted by Crippen LogP contribution is 2.36. The number of hydrogen-bond donors (Lipinski definition) is 1. The molecule has 0 spiro atoms. The molecule has 0 saturated heterocycles. The van der Waals surface area contributed by atoms with Crippen molar-refractivity contribution in [3.05, 3.63) is 70.5 Å². The van der Waals surface area contributed by atoms with Crippen LogP contribution in [0.2, 0.25) is 10.0 Å². The van der Waals surface area contributed by atoms with Crippen LogP contribution in [-0.4, -0.2) is 40.6 Å². The van der Waals surface area contributed by atoms with E-state index in [0.717, 1.165) is 11.4 Å². The maximum atomic E-state index is 12.6. The minimum atomic E-state index is -0.231. The van der Waals surface area contributed by atoms with Gasteiger partial charge in [0.15, 0.2) is 5.16 Å². The zero-order valence-corrected chi connectivity index (χ0v) is 19.9. The van der Waals surface area contributed by atoms with Gasteiger partial charge in [-0.05, 0) is 17.7 Å². The van der Waals surface area contributed by atoms with Crippen molar-refractivity contribution >= 4 is 46.6 Å². The normalized spacial score (nSPS) is 10.6. The molecular weight excluding hydrogens is 471 g/mol. The van der Waals surface area contributed by atoms with E-state index in [4.69, 9.17) is 32.7 Å². The number of allylic oxidation sites excluding steroid dienone is 1. The number of hydrogen-bond acceptors (Lipinski definition) is 6. The van der Waals surface area contributed by atoms with Crippen LogP contribution in [0.1, 0.15) is 11.4 Å². The summed E-state index contributed by atoms with van der Waals surface area (Å²) >= 11 is 13.4. The third-order valence-electron chi connectivity index (χ3n) is 4.46. The molecule has 7 nitrogen and oxygen atoms in total. The van der Waals surface area contributed by atoms with E-state index in [1.807, 2.05) is 28.8 Å². The van der Waals surface area contributed by atoms with E-state index >= 15 is 0 Å². The zero-order valence-electron chi connectivity index (χ0n) is 17.6. The molecule has 1 heterocycles. The molecule has 1 amide bonds. The third-order valence-corrected chi connectivity index (χ3v) is 5.98. The molecule has 0 unspecified atom stereocenters. The standard InChI is InChI=1S/C22H22Cl2N4O3S/c1-4-9-28-20(10-14-5-7-15(23)8-6-14)26-27-22(28)32-13-21(29)25-17-12-18(30-2)16(24)11-19(17)31-3/h4-8,11-12H,1,9-10,13H2,2-3H3,(H,25,29). The summed E-state index contributed by atoms with van der Waals surface area (Å²) in [6.45, 7) is 4.34. The van der Waals surface area contributed by atoms with Gasteiger partial charge in [-0.1, -0.05) is 53.2 Å². The van der Waals surface area contributed by atoms with Crippen molar-refractivity contribution in [2.24, 2.45) is 0 Å². The SMILES string of the molecule is C=CCn1c(Cc2ccc(Cl)cc2)nnc1SCC(=O)Nc1cc(OC)c(Cl)cc1OC. The number of aromatic nitrogens is 3.